The van der Waals surface area contributed by atoms with Crippen molar-refractivity contribution in [3.05, 3.63) is 75.6 Å². The van der Waals surface area contributed by atoms with Crippen LogP contribution in [-0.4, -0.2) is 10.1 Å². The van der Waals surface area contributed by atoms with Crippen molar-refractivity contribution in [2.45, 2.75) is 32.1 Å². The number of benzene rings is 2. The van der Waals surface area contributed by atoms with Gasteiger partial charge < -0.3 is 10.1 Å². The Balaban J connectivity index is 2.06. The van der Waals surface area contributed by atoms with Crippen molar-refractivity contribution in [2.24, 2.45) is 0 Å². The highest BCUT2D eigenvalue weighted by molar-refractivity contribution is 5.80. The molecule has 0 aliphatic heterocycles. The number of phenols is 1. The summed E-state index contributed by atoms with van der Waals surface area (Å²) in [6.45, 7) is 3.82. The second kappa shape index (κ2) is 6.45. The van der Waals surface area contributed by atoms with Crippen molar-refractivity contribution in [3.63, 3.8) is 0 Å². The number of phenolic OH excluding ortho intramolecular Hbond substituents is 1. The number of nitriles is 1. The van der Waals surface area contributed by atoms with E-state index in [1.54, 1.807) is 18.2 Å². The molecule has 0 amide bonds. The number of aromatic hydroxyl groups is 1. The zero-order chi connectivity index (χ0) is 18.0. The number of aromatic nitrogens is 1. The van der Waals surface area contributed by atoms with Crippen LogP contribution in [0.5, 0.6) is 5.75 Å². The van der Waals surface area contributed by atoms with E-state index in [-0.39, 0.29) is 11.3 Å². The molecule has 0 saturated carbocycles. The Morgan fingerprint density at radius 1 is 1.20 bits per heavy atom. The number of hydrogen-bond acceptors (Lipinski definition) is 3. The Morgan fingerprint density at radius 3 is 2.68 bits per heavy atom. The number of pyridine rings is 1. The lowest BCUT2D eigenvalue weighted by Gasteiger charge is -2.23. The van der Waals surface area contributed by atoms with Crippen molar-refractivity contribution in [1.29, 1.82) is 5.26 Å². The van der Waals surface area contributed by atoms with Gasteiger partial charge in [0.05, 0.1) is 11.5 Å². The molecule has 4 nitrogen and oxygen atoms in total. The molecule has 2 N–H and O–H groups in total. The molecule has 0 radical (unpaired) electrons. The van der Waals surface area contributed by atoms with E-state index in [4.69, 9.17) is 0 Å². The molecule has 1 heterocycles. The molecule has 25 heavy (non-hydrogen) atoms. The first kappa shape index (κ1) is 16.8. The molecule has 3 aromatic rings. The van der Waals surface area contributed by atoms with Crippen LogP contribution >= 0.6 is 0 Å². The molecular weight excluding hydrogens is 312 g/mol. The first-order chi connectivity index (χ1) is 11.9. The van der Waals surface area contributed by atoms with Crippen LogP contribution in [0.2, 0.25) is 0 Å². The Morgan fingerprint density at radius 2 is 2.00 bits per heavy atom. The maximum atomic E-state index is 12.1. The highest BCUT2D eigenvalue weighted by Gasteiger charge is 2.27. The third-order valence-electron chi connectivity index (χ3n) is 4.66. The standard InChI is InChI=1S/C21H20N2O2/c1-3-15-10-16-7-8-17(11-19(16)23-20(15)25)21(2,13-22)12-14-5-4-6-18(24)9-14/h4-11,24H,3,12H2,1-2H3,(H,23,25). The van der Waals surface area contributed by atoms with Gasteiger partial charge in [0, 0.05) is 11.1 Å². The molecule has 1 unspecified atom stereocenters. The van der Waals surface area contributed by atoms with Gasteiger partial charge >= 0.3 is 0 Å². The van der Waals surface area contributed by atoms with E-state index in [1.165, 1.54) is 0 Å². The molecule has 0 aliphatic rings. The molecule has 0 saturated heterocycles. The monoisotopic (exact) mass is 332 g/mol. The molecule has 2 aromatic carbocycles. The van der Waals surface area contributed by atoms with Gasteiger partial charge in [0.15, 0.2) is 0 Å². The predicted octanol–water partition coefficient (Wildman–Crippen LogP) is 3.82. The Hall–Kier alpha value is -3.06. The molecule has 126 valence electrons. The number of hydrogen-bond donors (Lipinski definition) is 2. The summed E-state index contributed by atoms with van der Waals surface area (Å²) in [6, 6.07) is 17.0. The number of nitrogens with zero attached hydrogens (tertiary/aromatic N) is 1. The van der Waals surface area contributed by atoms with Gasteiger partial charge in [-0.1, -0.05) is 31.2 Å². The van der Waals surface area contributed by atoms with Gasteiger partial charge in [-0.15, -0.1) is 0 Å². The van der Waals surface area contributed by atoms with Crippen molar-refractivity contribution < 1.29 is 5.11 Å². The summed E-state index contributed by atoms with van der Waals surface area (Å²) in [4.78, 5) is 15.0. The average molecular weight is 332 g/mol. The van der Waals surface area contributed by atoms with Gasteiger partial charge in [0.25, 0.3) is 5.56 Å². The van der Waals surface area contributed by atoms with Crippen LogP contribution in [0.3, 0.4) is 0 Å². The number of nitrogens with one attached hydrogen (secondary N) is 1. The molecular formula is C21H20N2O2. The zero-order valence-corrected chi connectivity index (χ0v) is 14.3. The number of rotatable bonds is 4. The van der Waals surface area contributed by atoms with E-state index in [9.17, 15) is 15.2 Å². The number of aryl methyl sites for hydroxylation is 1. The summed E-state index contributed by atoms with van der Waals surface area (Å²) in [7, 11) is 0. The van der Waals surface area contributed by atoms with E-state index in [2.05, 4.69) is 11.1 Å². The fourth-order valence-corrected chi connectivity index (χ4v) is 3.13. The molecule has 0 fully saturated rings. The largest absolute Gasteiger partial charge is 0.508 e. The molecule has 1 aromatic heterocycles. The van der Waals surface area contributed by atoms with Crippen molar-refractivity contribution in [3.8, 4) is 11.8 Å². The van der Waals surface area contributed by atoms with Gasteiger partial charge in [-0.25, -0.2) is 0 Å². The summed E-state index contributed by atoms with van der Waals surface area (Å²) >= 11 is 0. The van der Waals surface area contributed by atoms with Crippen LogP contribution < -0.4 is 5.56 Å². The quantitative estimate of drug-likeness (QED) is 0.762. The van der Waals surface area contributed by atoms with E-state index in [1.807, 2.05) is 44.2 Å². The van der Waals surface area contributed by atoms with Gasteiger partial charge in [0.1, 0.15) is 5.75 Å². The second-order valence-corrected chi connectivity index (χ2v) is 6.57. The minimum absolute atomic E-state index is 0.0845. The van der Waals surface area contributed by atoms with Gasteiger partial charge in [0.2, 0.25) is 0 Å². The summed E-state index contributed by atoms with van der Waals surface area (Å²) in [5.74, 6) is 0.188. The van der Waals surface area contributed by atoms with Gasteiger partial charge in [-0.3, -0.25) is 4.79 Å². The van der Waals surface area contributed by atoms with Crippen LogP contribution in [0.4, 0.5) is 0 Å². The van der Waals surface area contributed by atoms with Crippen molar-refractivity contribution in [1.82, 2.24) is 4.98 Å². The molecule has 1 atom stereocenters. The lowest BCUT2D eigenvalue weighted by Crippen LogP contribution is -2.23. The highest BCUT2D eigenvalue weighted by Crippen LogP contribution is 2.30. The zero-order valence-electron chi connectivity index (χ0n) is 14.3. The fourth-order valence-electron chi connectivity index (χ4n) is 3.13. The molecule has 0 bridgehead atoms. The third kappa shape index (κ3) is 3.27. The summed E-state index contributed by atoms with van der Waals surface area (Å²) < 4.78 is 0. The normalized spacial score (nSPS) is 13.3. The van der Waals surface area contributed by atoms with E-state index >= 15 is 0 Å². The van der Waals surface area contributed by atoms with Crippen molar-refractivity contribution in [2.75, 3.05) is 0 Å². The topological polar surface area (TPSA) is 76.9 Å². The summed E-state index contributed by atoms with van der Waals surface area (Å²) in [5.41, 5.74) is 2.37. The van der Waals surface area contributed by atoms with Crippen LogP contribution in [0.25, 0.3) is 10.9 Å². The maximum Gasteiger partial charge on any atom is 0.251 e. The van der Waals surface area contributed by atoms with Crippen LogP contribution in [0.15, 0.2) is 53.3 Å². The SMILES string of the molecule is CCc1cc2ccc(C(C)(C#N)Cc3cccc(O)c3)cc2[nH]c1=O. The predicted molar refractivity (Wildman–Crippen MR) is 98.7 cm³/mol. The van der Waals surface area contributed by atoms with E-state index < -0.39 is 5.41 Å². The minimum Gasteiger partial charge on any atom is -0.508 e. The third-order valence-corrected chi connectivity index (χ3v) is 4.66. The van der Waals surface area contributed by atoms with E-state index in [0.29, 0.717) is 12.8 Å². The minimum atomic E-state index is -0.762. The summed E-state index contributed by atoms with van der Waals surface area (Å²) in [6.07, 6.45) is 1.15. The fraction of sp³-hybridized carbons (Fsp3) is 0.238. The molecule has 3 rings (SSSR count). The highest BCUT2D eigenvalue weighted by atomic mass is 16.3. The Bertz CT molecular complexity index is 1030. The van der Waals surface area contributed by atoms with Crippen LogP contribution in [-0.2, 0) is 18.3 Å². The smallest absolute Gasteiger partial charge is 0.251 e. The van der Waals surface area contributed by atoms with Crippen LogP contribution in [0.1, 0.15) is 30.5 Å². The number of fused-ring (bicyclic) bond motifs is 1. The second-order valence-electron chi connectivity index (χ2n) is 6.57. The number of H-pyrrole nitrogens is 1. The number of aromatic amines is 1. The lowest BCUT2D eigenvalue weighted by molar-refractivity contribution is 0.473. The first-order valence-electron chi connectivity index (χ1n) is 8.31. The maximum absolute atomic E-state index is 12.1. The molecule has 0 aliphatic carbocycles. The van der Waals surface area contributed by atoms with E-state index in [0.717, 1.165) is 27.6 Å². The Labute approximate surface area is 146 Å². The molecule has 0 spiro atoms. The summed E-state index contributed by atoms with van der Waals surface area (Å²) in [5, 5.41) is 20.4. The van der Waals surface area contributed by atoms with Crippen molar-refractivity contribution >= 4 is 10.9 Å². The van der Waals surface area contributed by atoms with Crippen LogP contribution in [0, 0.1) is 11.3 Å². The van der Waals surface area contributed by atoms with Gasteiger partial charge in [-0.05, 0) is 60.5 Å². The first-order valence-corrected chi connectivity index (χ1v) is 8.31. The Kier molecular flexibility index (Phi) is 4.33. The molecule has 4 heteroatoms. The lowest BCUT2D eigenvalue weighted by atomic mass is 9.78. The average Bonchev–Trinajstić information content (AvgIpc) is 2.60. The van der Waals surface area contributed by atoms with Gasteiger partial charge in [-0.2, -0.15) is 5.26 Å².